The Balaban J connectivity index is 1.20. The van der Waals surface area contributed by atoms with Crippen molar-refractivity contribution in [1.82, 2.24) is 8.80 Å². The molecule has 0 amide bonds. The Kier molecular flexibility index (Phi) is 5.63. The quantitative estimate of drug-likeness (QED) is 0.170. The van der Waals surface area contributed by atoms with Crippen LogP contribution in [0.1, 0.15) is 36.1 Å². The first-order valence-electron chi connectivity index (χ1n) is 18.7. The minimum Gasteiger partial charge on any atom is -0.310 e. The van der Waals surface area contributed by atoms with Crippen molar-refractivity contribution in [3.05, 3.63) is 180 Å². The monoisotopic (exact) mass is 677 g/mol. The third-order valence-corrected chi connectivity index (χ3v) is 12.2. The molecule has 0 aliphatic heterocycles. The molecule has 3 heteroatoms. The van der Waals surface area contributed by atoms with Crippen molar-refractivity contribution in [3.63, 3.8) is 0 Å². The zero-order chi connectivity index (χ0) is 35.0. The summed E-state index contributed by atoms with van der Waals surface area (Å²) in [6, 6.07) is 51.9. The second kappa shape index (κ2) is 10.3. The molecule has 7 aromatic carbocycles. The van der Waals surface area contributed by atoms with E-state index in [1.54, 1.807) is 0 Å². The molecule has 0 unspecified atom stereocenters. The van der Waals surface area contributed by atoms with E-state index in [4.69, 9.17) is 0 Å². The molecule has 2 aliphatic carbocycles. The Bertz CT molecular complexity index is 3220. The first kappa shape index (κ1) is 29.0. The summed E-state index contributed by atoms with van der Waals surface area (Å²) in [5, 5.41) is 5.29. The summed E-state index contributed by atoms with van der Waals surface area (Å²) in [6.45, 7) is 4.73. The summed E-state index contributed by atoms with van der Waals surface area (Å²) in [5.41, 5.74) is 19.0. The van der Waals surface area contributed by atoms with Crippen LogP contribution in [0.25, 0.3) is 71.8 Å². The van der Waals surface area contributed by atoms with E-state index in [1.165, 1.54) is 88.0 Å². The number of fused-ring (bicyclic) bond motifs is 15. The van der Waals surface area contributed by atoms with Crippen LogP contribution in [-0.2, 0) is 11.8 Å². The minimum atomic E-state index is -0.0919. The van der Waals surface area contributed by atoms with E-state index in [2.05, 4.69) is 191 Å². The van der Waals surface area contributed by atoms with Crippen molar-refractivity contribution < 1.29 is 0 Å². The average molecular weight is 678 g/mol. The van der Waals surface area contributed by atoms with E-state index in [0.717, 1.165) is 23.5 Å². The summed E-state index contributed by atoms with van der Waals surface area (Å²) in [4.78, 5) is 2.44. The van der Waals surface area contributed by atoms with Crippen LogP contribution in [0.3, 0.4) is 0 Å². The highest BCUT2D eigenvalue weighted by Gasteiger charge is 2.36. The van der Waals surface area contributed by atoms with E-state index < -0.39 is 0 Å². The second-order valence-electron chi connectivity index (χ2n) is 15.3. The summed E-state index contributed by atoms with van der Waals surface area (Å²) in [5.74, 6) is 0. The van der Waals surface area contributed by atoms with Crippen molar-refractivity contribution in [2.75, 3.05) is 4.90 Å². The fraction of sp³-hybridized carbons (Fsp3) is 0.0800. The number of benzene rings is 7. The molecule has 2 aliphatic rings. The largest absolute Gasteiger partial charge is 0.310 e. The summed E-state index contributed by atoms with van der Waals surface area (Å²) in [7, 11) is 0. The van der Waals surface area contributed by atoms with Gasteiger partial charge in [-0.3, -0.25) is 0 Å². The zero-order valence-electron chi connectivity index (χ0n) is 29.6. The molecule has 3 nitrogen and oxygen atoms in total. The fourth-order valence-corrected chi connectivity index (χ4v) is 9.98. The molecule has 0 radical (unpaired) electrons. The predicted molar refractivity (Wildman–Crippen MR) is 224 cm³/mol. The van der Waals surface area contributed by atoms with E-state index in [9.17, 15) is 0 Å². The Morgan fingerprint density at radius 2 is 1.15 bits per heavy atom. The van der Waals surface area contributed by atoms with Crippen LogP contribution in [0.4, 0.5) is 17.1 Å². The lowest BCUT2D eigenvalue weighted by molar-refractivity contribution is 0.660. The number of aromatic nitrogens is 2. The molecule has 0 N–H and O–H groups in total. The molecule has 53 heavy (non-hydrogen) atoms. The van der Waals surface area contributed by atoms with Crippen LogP contribution in [-0.4, -0.2) is 8.80 Å². The number of anilines is 3. The molecule has 0 saturated carbocycles. The van der Waals surface area contributed by atoms with Gasteiger partial charge in [-0.25, -0.2) is 0 Å². The van der Waals surface area contributed by atoms with Gasteiger partial charge in [0.05, 0.1) is 33.1 Å². The number of hydrogen-bond acceptors (Lipinski definition) is 1. The first-order valence-corrected chi connectivity index (χ1v) is 18.7. The third-order valence-electron chi connectivity index (χ3n) is 12.2. The van der Waals surface area contributed by atoms with E-state index in [1.807, 2.05) is 0 Å². The van der Waals surface area contributed by atoms with Crippen LogP contribution >= 0.6 is 0 Å². The van der Waals surface area contributed by atoms with Crippen molar-refractivity contribution >= 4 is 77.8 Å². The van der Waals surface area contributed by atoms with Crippen molar-refractivity contribution in [2.45, 2.75) is 25.7 Å². The molecule has 250 valence electrons. The van der Waals surface area contributed by atoms with Crippen LogP contribution < -0.4 is 4.90 Å². The zero-order valence-corrected chi connectivity index (χ0v) is 29.6. The van der Waals surface area contributed by atoms with Gasteiger partial charge in [0.2, 0.25) is 0 Å². The molecule has 12 rings (SSSR count). The van der Waals surface area contributed by atoms with Crippen LogP contribution in [0.5, 0.6) is 0 Å². The molecular formula is C50H35N3. The maximum atomic E-state index is 2.56. The SMILES string of the molecule is CC1(C)c2ccccc2-c2ccc(N(c3ccccc3)c3ccc4c5c6c(c7c8ccccc8n8c9ccccc9n(c4c3)c5c78)CC=CC=C6)cc21. The highest BCUT2D eigenvalue weighted by atomic mass is 15.1. The lowest BCUT2D eigenvalue weighted by atomic mass is 9.82. The van der Waals surface area contributed by atoms with Gasteiger partial charge in [0.15, 0.2) is 0 Å². The Morgan fingerprint density at radius 1 is 0.509 bits per heavy atom. The molecular weight excluding hydrogens is 643 g/mol. The van der Waals surface area contributed by atoms with Gasteiger partial charge in [0.25, 0.3) is 0 Å². The van der Waals surface area contributed by atoms with Gasteiger partial charge < -0.3 is 13.7 Å². The minimum absolute atomic E-state index is 0.0919. The smallest absolute Gasteiger partial charge is 0.0795 e. The topological polar surface area (TPSA) is 12.1 Å². The number of hydrogen-bond donors (Lipinski definition) is 0. The fourth-order valence-electron chi connectivity index (χ4n) is 9.98. The number of para-hydroxylation sites is 4. The Labute approximate surface area is 307 Å². The average Bonchev–Trinajstić information content (AvgIpc) is 3.71. The summed E-state index contributed by atoms with van der Waals surface area (Å²) >= 11 is 0. The van der Waals surface area contributed by atoms with E-state index in [0.29, 0.717) is 0 Å². The molecule has 3 heterocycles. The van der Waals surface area contributed by atoms with Gasteiger partial charge in [-0.2, -0.15) is 0 Å². The van der Waals surface area contributed by atoms with Gasteiger partial charge in [-0.1, -0.05) is 123 Å². The Morgan fingerprint density at radius 3 is 2.00 bits per heavy atom. The highest BCUT2D eigenvalue weighted by molar-refractivity contribution is 6.29. The highest BCUT2D eigenvalue weighted by Crippen LogP contribution is 2.52. The van der Waals surface area contributed by atoms with Crippen LogP contribution in [0.15, 0.2) is 158 Å². The van der Waals surface area contributed by atoms with Crippen molar-refractivity contribution in [3.8, 4) is 11.1 Å². The summed E-state index contributed by atoms with van der Waals surface area (Å²) in [6.07, 6.45) is 9.98. The molecule has 0 fully saturated rings. The number of nitrogens with zero attached hydrogens (tertiary/aromatic N) is 3. The molecule has 0 spiro atoms. The second-order valence-corrected chi connectivity index (χ2v) is 15.3. The predicted octanol–water partition coefficient (Wildman–Crippen LogP) is 13.1. The van der Waals surface area contributed by atoms with Crippen molar-refractivity contribution in [2.24, 2.45) is 0 Å². The molecule has 3 aromatic heterocycles. The van der Waals surface area contributed by atoms with E-state index in [-0.39, 0.29) is 5.41 Å². The molecule has 0 bridgehead atoms. The normalized spacial score (nSPS) is 14.5. The maximum Gasteiger partial charge on any atom is 0.0795 e. The lowest BCUT2D eigenvalue weighted by Gasteiger charge is -2.28. The van der Waals surface area contributed by atoms with Gasteiger partial charge in [0, 0.05) is 44.0 Å². The van der Waals surface area contributed by atoms with Gasteiger partial charge in [-0.05, 0) is 94.4 Å². The standard InChI is InChI=1S/C50H35N3/c1-50(2)40-21-11-9-17-34(40)35-27-25-32(29-41(35)50)51(31-15-5-3-6-16-31)33-26-28-39-45(30-33)53-44-24-14-13-23-43(44)52-42-22-12-10-20-38(42)46-36-18-7-4-8-19-37(36)47(39)49(53)48(46)52/h3-17,19-30H,18H2,1-2H3. The van der Waals surface area contributed by atoms with Crippen LogP contribution in [0, 0.1) is 0 Å². The summed E-state index contributed by atoms with van der Waals surface area (Å²) < 4.78 is 5.09. The van der Waals surface area contributed by atoms with Gasteiger partial charge >= 0.3 is 0 Å². The maximum absolute atomic E-state index is 2.56. The number of allylic oxidation sites excluding steroid dienone is 3. The molecule has 0 saturated heterocycles. The van der Waals surface area contributed by atoms with Crippen LogP contribution in [0.2, 0.25) is 0 Å². The Hall–Kier alpha value is -6.58. The first-order chi connectivity index (χ1) is 26.1. The van der Waals surface area contributed by atoms with E-state index >= 15 is 0 Å². The molecule has 10 aromatic rings. The molecule has 0 atom stereocenters. The lowest BCUT2D eigenvalue weighted by Crippen LogP contribution is -2.16. The van der Waals surface area contributed by atoms with Crippen molar-refractivity contribution in [1.29, 1.82) is 0 Å². The van der Waals surface area contributed by atoms with Gasteiger partial charge in [0.1, 0.15) is 0 Å². The number of rotatable bonds is 3. The third kappa shape index (κ3) is 3.69. The van der Waals surface area contributed by atoms with Gasteiger partial charge in [-0.15, -0.1) is 0 Å².